The molecule has 0 atom stereocenters. The molecule has 0 fully saturated rings. The lowest BCUT2D eigenvalue weighted by Gasteiger charge is -2.10. The number of hydrogen-bond acceptors (Lipinski definition) is 4. The lowest BCUT2D eigenvalue weighted by molar-refractivity contribution is 0.0600. The number of carbonyl (C=O) groups excluding carboxylic acids is 1. The number of methoxy groups -OCH3 is 1. The zero-order chi connectivity index (χ0) is 21.2. The van der Waals surface area contributed by atoms with Crippen LogP contribution >= 0.6 is 15.9 Å². The summed E-state index contributed by atoms with van der Waals surface area (Å²) in [6, 6.07) is 24.9. The molecule has 154 valence electrons. The molecule has 0 heterocycles. The van der Waals surface area contributed by atoms with Gasteiger partial charge in [0.1, 0.15) is 24.7 Å². The van der Waals surface area contributed by atoms with Gasteiger partial charge in [-0.05, 0) is 53.1 Å². The first-order valence-electron chi connectivity index (χ1n) is 9.51. The van der Waals surface area contributed by atoms with Gasteiger partial charge in [-0.25, -0.2) is 4.79 Å². The van der Waals surface area contributed by atoms with Crippen molar-refractivity contribution in [3.63, 3.8) is 0 Å². The molecule has 0 saturated carbocycles. The number of ether oxygens (including phenoxy) is 3. The Morgan fingerprint density at radius 2 is 1.50 bits per heavy atom. The van der Waals surface area contributed by atoms with E-state index in [1.54, 1.807) is 12.1 Å². The zero-order valence-electron chi connectivity index (χ0n) is 16.7. The Morgan fingerprint density at radius 3 is 2.10 bits per heavy atom. The van der Waals surface area contributed by atoms with Gasteiger partial charge in [0, 0.05) is 5.33 Å². The molecule has 3 rings (SSSR count). The van der Waals surface area contributed by atoms with Gasteiger partial charge in [-0.3, -0.25) is 0 Å². The number of halogens is 1. The van der Waals surface area contributed by atoms with Crippen LogP contribution in [0.3, 0.4) is 0 Å². The van der Waals surface area contributed by atoms with Gasteiger partial charge >= 0.3 is 5.97 Å². The first-order chi connectivity index (χ1) is 14.7. The second-order valence-electron chi connectivity index (χ2n) is 6.58. The summed E-state index contributed by atoms with van der Waals surface area (Å²) < 4.78 is 16.4. The van der Waals surface area contributed by atoms with E-state index in [1.807, 2.05) is 72.8 Å². The van der Waals surface area contributed by atoms with Crippen molar-refractivity contribution >= 4 is 28.0 Å². The van der Waals surface area contributed by atoms with Gasteiger partial charge in [0.15, 0.2) is 0 Å². The SMILES string of the molecule is COC(=O)c1ccc(/C=C(\CBr)COc2ccc(OCc3ccccc3)cc2)cc1. The minimum absolute atomic E-state index is 0.342. The Bertz CT molecular complexity index is 964. The largest absolute Gasteiger partial charge is 0.489 e. The predicted octanol–water partition coefficient (Wildman–Crippen LogP) is 5.91. The van der Waals surface area contributed by atoms with E-state index in [1.165, 1.54) is 7.11 Å². The van der Waals surface area contributed by atoms with Gasteiger partial charge < -0.3 is 14.2 Å². The highest BCUT2D eigenvalue weighted by molar-refractivity contribution is 9.09. The van der Waals surface area contributed by atoms with Crippen LogP contribution in [0.15, 0.2) is 84.4 Å². The Morgan fingerprint density at radius 1 is 0.867 bits per heavy atom. The van der Waals surface area contributed by atoms with Crippen molar-refractivity contribution in [3.8, 4) is 11.5 Å². The minimum Gasteiger partial charge on any atom is -0.489 e. The summed E-state index contributed by atoms with van der Waals surface area (Å²) in [6.07, 6.45) is 2.03. The number of rotatable bonds is 9. The van der Waals surface area contributed by atoms with Crippen LogP contribution in [0.2, 0.25) is 0 Å². The molecule has 0 spiro atoms. The Hall–Kier alpha value is -3.05. The maximum atomic E-state index is 11.5. The summed E-state index contributed by atoms with van der Waals surface area (Å²) in [4.78, 5) is 11.5. The standard InChI is InChI=1S/C25H23BrO4/c1-28-25(27)22-9-7-19(8-10-22)15-21(16-26)18-30-24-13-11-23(12-14-24)29-17-20-5-3-2-4-6-20/h2-15H,16-18H2,1H3/b21-15+. The van der Waals surface area contributed by atoms with E-state index in [2.05, 4.69) is 15.9 Å². The van der Waals surface area contributed by atoms with Crippen LogP contribution in [0, 0.1) is 0 Å². The van der Waals surface area contributed by atoms with E-state index in [0.717, 1.165) is 28.2 Å². The lowest BCUT2D eigenvalue weighted by Crippen LogP contribution is -2.03. The third-order valence-electron chi connectivity index (χ3n) is 4.37. The summed E-state index contributed by atoms with van der Waals surface area (Å²) in [5.74, 6) is 1.23. The summed E-state index contributed by atoms with van der Waals surface area (Å²) >= 11 is 3.51. The molecule has 4 nitrogen and oxygen atoms in total. The highest BCUT2D eigenvalue weighted by atomic mass is 79.9. The molecule has 0 aliphatic heterocycles. The van der Waals surface area contributed by atoms with E-state index in [0.29, 0.717) is 24.1 Å². The van der Waals surface area contributed by atoms with E-state index in [4.69, 9.17) is 14.2 Å². The summed E-state index contributed by atoms with van der Waals surface area (Å²) in [7, 11) is 1.37. The van der Waals surface area contributed by atoms with Crippen LogP contribution in [-0.4, -0.2) is 25.0 Å². The van der Waals surface area contributed by atoms with E-state index in [9.17, 15) is 4.79 Å². The first kappa shape index (κ1) is 21.7. The van der Waals surface area contributed by atoms with Crippen molar-refractivity contribution in [1.29, 1.82) is 0 Å². The highest BCUT2D eigenvalue weighted by Gasteiger charge is 2.05. The number of alkyl halides is 1. The number of carbonyl (C=O) groups is 1. The van der Waals surface area contributed by atoms with E-state index < -0.39 is 0 Å². The quantitative estimate of drug-likeness (QED) is 0.290. The monoisotopic (exact) mass is 466 g/mol. The third-order valence-corrected chi connectivity index (χ3v) is 5.09. The van der Waals surface area contributed by atoms with Crippen LogP contribution in [-0.2, 0) is 11.3 Å². The van der Waals surface area contributed by atoms with Crippen molar-refractivity contribution < 1.29 is 19.0 Å². The van der Waals surface area contributed by atoms with Crippen molar-refractivity contribution in [2.45, 2.75) is 6.61 Å². The maximum absolute atomic E-state index is 11.5. The topological polar surface area (TPSA) is 44.8 Å². The summed E-state index contributed by atoms with van der Waals surface area (Å²) in [5, 5.41) is 0.685. The fraction of sp³-hybridized carbons (Fsp3) is 0.160. The summed E-state index contributed by atoms with van der Waals surface area (Å²) in [5.41, 5.74) is 3.72. The molecular weight excluding hydrogens is 444 g/mol. The molecule has 0 aliphatic carbocycles. The van der Waals surface area contributed by atoms with Gasteiger partial charge in [0.05, 0.1) is 12.7 Å². The van der Waals surface area contributed by atoms with E-state index >= 15 is 0 Å². The average molecular weight is 467 g/mol. The predicted molar refractivity (Wildman–Crippen MR) is 122 cm³/mol. The molecule has 3 aromatic rings. The molecule has 0 unspecified atom stereocenters. The van der Waals surface area contributed by atoms with E-state index in [-0.39, 0.29) is 5.97 Å². The summed E-state index contributed by atoms with van der Waals surface area (Å²) in [6.45, 7) is 0.987. The fourth-order valence-corrected chi connectivity index (χ4v) is 3.06. The van der Waals surface area contributed by atoms with Crippen LogP contribution in [0.25, 0.3) is 6.08 Å². The lowest BCUT2D eigenvalue weighted by atomic mass is 10.1. The zero-order valence-corrected chi connectivity index (χ0v) is 18.3. The van der Waals surface area contributed by atoms with Gasteiger partial charge in [0.2, 0.25) is 0 Å². The maximum Gasteiger partial charge on any atom is 0.337 e. The molecule has 0 radical (unpaired) electrons. The minimum atomic E-state index is -0.342. The van der Waals surface area contributed by atoms with Crippen LogP contribution in [0.5, 0.6) is 11.5 Å². The van der Waals surface area contributed by atoms with Crippen LogP contribution in [0.4, 0.5) is 0 Å². The fourth-order valence-electron chi connectivity index (χ4n) is 2.74. The van der Waals surface area contributed by atoms with Crippen molar-refractivity contribution in [2.75, 3.05) is 19.0 Å². The Kier molecular flexibility index (Phi) is 8.10. The highest BCUT2D eigenvalue weighted by Crippen LogP contribution is 2.20. The molecule has 0 amide bonds. The number of benzene rings is 3. The second-order valence-corrected chi connectivity index (χ2v) is 7.14. The van der Waals surface area contributed by atoms with Gasteiger partial charge in [0.25, 0.3) is 0 Å². The molecule has 0 aliphatic rings. The normalized spacial score (nSPS) is 11.1. The van der Waals surface area contributed by atoms with Crippen molar-refractivity contribution in [1.82, 2.24) is 0 Å². The molecular formula is C25H23BrO4. The Labute approximate surface area is 185 Å². The third kappa shape index (κ3) is 6.49. The van der Waals surface area contributed by atoms with Gasteiger partial charge in [-0.15, -0.1) is 0 Å². The average Bonchev–Trinajstić information content (AvgIpc) is 2.81. The molecule has 0 N–H and O–H groups in total. The molecule has 3 aromatic carbocycles. The van der Waals surface area contributed by atoms with Crippen molar-refractivity contribution in [3.05, 3.63) is 101 Å². The molecule has 5 heteroatoms. The van der Waals surface area contributed by atoms with Crippen LogP contribution in [0.1, 0.15) is 21.5 Å². The second kappa shape index (κ2) is 11.2. The number of esters is 1. The van der Waals surface area contributed by atoms with Gasteiger partial charge in [-0.2, -0.15) is 0 Å². The first-order valence-corrected chi connectivity index (χ1v) is 10.6. The smallest absolute Gasteiger partial charge is 0.337 e. The molecule has 0 aromatic heterocycles. The molecule has 0 bridgehead atoms. The van der Waals surface area contributed by atoms with Gasteiger partial charge in [-0.1, -0.05) is 64.5 Å². The Balaban J connectivity index is 1.54. The number of hydrogen-bond donors (Lipinski definition) is 0. The molecule has 30 heavy (non-hydrogen) atoms. The van der Waals surface area contributed by atoms with Crippen LogP contribution < -0.4 is 9.47 Å². The van der Waals surface area contributed by atoms with Crippen molar-refractivity contribution in [2.24, 2.45) is 0 Å². The molecule has 0 saturated heterocycles.